The number of amides is 1. The molecule has 0 aliphatic carbocycles. The smallest absolute Gasteiger partial charge is 0.343 e. The predicted molar refractivity (Wildman–Crippen MR) is 145 cm³/mol. The van der Waals surface area contributed by atoms with E-state index >= 15 is 0 Å². The van der Waals surface area contributed by atoms with Crippen LogP contribution < -0.4 is 14.9 Å². The summed E-state index contributed by atoms with van der Waals surface area (Å²) in [5.41, 5.74) is 4.41. The maximum Gasteiger partial charge on any atom is 0.343 e. The van der Waals surface area contributed by atoms with Crippen LogP contribution in [0.5, 0.6) is 11.5 Å². The second kappa shape index (κ2) is 12.1. The van der Waals surface area contributed by atoms with Gasteiger partial charge in [0.1, 0.15) is 11.5 Å². The molecule has 0 unspecified atom stereocenters. The van der Waals surface area contributed by atoms with Crippen LogP contribution in [0.4, 0.5) is 0 Å². The highest BCUT2D eigenvalue weighted by Gasteiger charge is 2.12. The standard InChI is InChI=1S/C29H25BrN2O4/c1-2-16-35-25-13-10-21(11-14-25)29(34)36-27-15-12-24(30)17-23(27)19-31-32-28(33)18-22-8-5-7-20-6-3-4-9-26(20)22/h3-15,17,19H,2,16,18H2,1H3,(H,32,33)/b31-19+. The number of carbonyl (C=O) groups is 2. The summed E-state index contributed by atoms with van der Waals surface area (Å²) in [6.07, 6.45) is 2.55. The Morgan fingerprint density at radius 3 is 2.56 bits per heavy atom. The first-order chi connectivity index (χ1) is 17.5. The average molecular weight is 545 g/mol. The first kappa shape index (κ1) is 25.1. The van der Waals surface area contributed by atoms with Crippen molar-refractivity contribution in [1.82, 2.24) is 5.43 Å². The molecule has 0 aliphatic heterocycles. The van der Waals surface area contributed by atoms with Crippen molar-refractivity contribution in [2.45, 2.75) is 19.8 Å². The molecule has 36 heavy (non-hydrogen) atoms. The van der Waals surface area contributed by atoms with Crippen LogP contribution in [0.3, 0.4) is 0 Å². The molecule has 7 heteroatoms. The monoisotopic (exact) mass is 544 g/mol. The summed E-state index contributed by atoms with van der Waals surface area (Å²) in [5.74, 6) is 0.265. The normalized spacial score (nSPS) is 10.9. The minimum absolute atomic E-state index is 0.191. The molecule has 4 rings (SSSR count). The quantitative estimate of drug-likeness (QED) is 0.116. The van der Waals surface area contributed by atoms with Crippen LogP contribution in [-0.4, -0.2) is 24.7 Å². The molecule has 1 amide bonds. The topological polar surface area (TPSA) is 77.0 Å². The highest BCUT2D eigenvalue weighted by Crippen LogP contribution is 2.24. The van der Waals surface area contributed by atoms with Gasteiger partial charge >= 0.3 is 5.97 Å². The zero-order chi connectivity index (χ0) is 25.3. The summed E-state index contributed by atoms with van der Waals surface area (Å²) in [4.78, 5) is 25.2. The highest BCUT2D eigenvalue weighted by atomic mass is 79.9. The van der Waals surface area contributed by atoms with Crippen molar-refractivity contribution in [3.63, 3.8) is 0 Å². The van der Waals surface area contributed by atoms with E-state index in [-0.39, 0.29) is 12.3 Å². The number of halogens is 1. The third-order valence-corrected chi connectivity index (χ3v) is 5.85. The van der Waals surface area contributed by atoms with E-state index in [0.29, 0.717) is 29.2 Å². The third kappa shape index (κ3) is 6.58. The highest BCUT2D eigenvalue weighted by molar-refractivity contribution is 9.10. The lowest BCUT2D eigenvalue weighted by Gasteiger charge is -2.09. The Bertz CT molecular complexity index is 1400. The van der Waals surface area contributed by atoms with Crippen molar-refractivity contribution in [2.75, 3.05) is 6.61 Å². The molecule has 0 aromatic heterocycles. The Hall–Kier alpha value is -3.97. The molecule has 0 bridgehead atoms. The molecule has 4 aromatic carbocycles. The van der Waals surface area contributed by atoms with Gasteiger partial charge in [-0.3, -0.25) is 4.79 Å². The molecule has 0 fully saturated rings. The number of ether oxygens (including phenoxy) is 2. The zero-order valence-corrected chi connectivity index (χ0v) is 21.3. The number of hydrogen-bond acceptors (Lipinski definition) is 5. The number of fused-ring (bicyclic) bond motifs is 1. The molecular formula is C29H25BrN2O4. The van der Waals surface area contributed by atoms with Gasteiger partial charge in [0.05, 0.1) is 24.8 Å². The third-order valence-electron chi connectivity index (χ3n) is 5.36. The minimum Gasteiger partial charge on any atom is -0.494 e. The van der Waals surface area contributed by atoms with E-state index in [1.54, 1.807) is 42.5 Å². The number of benzene rings is 4. The van der Waals surface area contributed by atoms with Crippen LogP contribution in [0.2, 0.25) is 0 Å². The van der Waals surface area contributed by atoms with Crippen molar-refractivity contribution in [3.8, 4) is 11.5 Å². The lowest BCUT2D eigenvalue weighted by Crippen LogP contribution is -2.20. The number of rotatable bonds is 9. The van der Waals surface area contributed by atoms with E-state index < -0.39 is 5.97 Å². The van der Waals surface area contributed by atoms with Gasteiger partial charge in [0.25, 0.3) is 0 Å². The fourth-order valence-electron chi connectivity index (χ4n) is 3.61. The van der Waals surface area contributed by atoms with E-state index in [4.69, 9.17) is 9.47 Å². The van der Waals surface area contributed by atoms with Gasteiger partial charge < -0.3 is 9.47 Å². The molecule has 4 aromatic rings. The summed E-state index contributed by atoms with van der Waals surface area (Å²) >= 11 is 3.42. The van der Waals surface area contributed by atoms with Crippen LogP contribution in [-0.2, 0) is 11.2 Å². The fraction of sp³-hybridized carbons (Fsp3) is 0.138. The SMILES string of the molecule is CCCOc1ccc(C(=O)Oc2ccc(Br)cc2/C=N/NC(=O)Cc2cccc3ccccc23)cc1. The number of hydrazone groups is 1. The summed E-state index contributed by atoms with van der Waals surface area (Å²) in [6.45, 7) is 2.64. The molecular weight excluding hydrogens is 520 g/mol. The second-order valence-corrected chi connectivity index (χ2v) is 8.97. The molecule has 182 valence electrons. The minimum atomic E-state index is -0.506. The van der Waals surface area contributed by atoms with E-state index in [1.807, 2.05) is 49.4 Å². The number of nitrogens with one attached hydrogen (secondary N) is 1. The predicted octanol–water partition coefficient (Wildman–Crippen LogP) is 6.30. The Labute approximate surface area is 218 Å². The van der Waals surface area contributed by atoms with Crippen molar-refractivity contribution >= 4 is 44.8 Å². The van der Waals surface area contributed by atoms with E-state index in [0.717, 1.165) is 27.2 Å². The molecule has 0 heterocycles. The molecule has 0 aliphatic rings. The Morgan fingerprint density at radius 1 is 0.972 bits per heavy atom. The lowest BCUT2D eigenvalue weighted by atomic mass is 10.0. The van der Waals surface area contributed by atoms with Crippen LogP contribution in [0.15, 0.2) is 94.5 Å². The molecule has 0 spiro atoms. The van der Waals surface area contributed by atoms with E-state index in [1.165, 1.54) is 6.21 Å². The maximum atomic E-state index is 12.7. The molecule has 1 N–H and O–H groups in total. The summed E-state index contributed by atoms with van der Waals surface area (Å²) < 4.78 is 11.9. The lowest BCUT2D eigenvalue weighted by molar-refractivity contribution is -0.120. The van der Waals surface area contributed by atoms with Gasteiger partial charge in [0.15, 0.2) is 0 Å². The largest absolute Gasteiger partial charge is 0.494 e. The Kier molecular flexibility index (Phi) is 8.47. The summed E-state index contributed by atoms with van der Waals surface area (Å²) in [6, 6.07) is 25.8. The number of esters is 1. The fourth-order valence-corrected chi connectivity index (χ4v) is 3.99. The van der Waals surface area contributed by atoms with Gasteiger partial charge in [0.2, 0.25) is 5.91 Å². The molecule has 0 atom stereocenters. The first-order valence-electron chi connectivity index (χ1n) is 11.6. The van der Waals surface area contributed by atoms with Gasteiger partial charge in [-0.1, -0.05) is 65.3 Å². The number of carbonyl (C=O) groups excluding carboxylic acids is 2. The van der Waals surface area contributed by atoms with E-state index in [9.17, 15) is 9.59 Å². The van der Waals surface area contributed by atoms with Crippen molar-refractivity contribution < 1.29 is 19.1 Å². The van der Waals surface area contributed by atoms with Crippen LogP contribution in [0, 0.1) is 0 Å². The van der Waals surface area contributed by atoms with Gasteiger partial charge in [-0.15, -0.1) is 0 Å². The van der Waals surface area contributed by atoms with Crippen molar-refractivity contribution in [3.05, 3.63) is 106 Å². The van der Waals surface area contributed by atoms with E-state index in [2.05, 4.69) is 26.5 Å². The number of nitrogens with zero attached hydrogens (tertiary/aromatic N) is 1. The van der Waals surface area contributed by atoms with Gasteiger partial charge in [-0.05, 0) is 65.2 Å². The Balaban J connectivity index is 1.41. The average Bonchev–Trinajstić information content (AvgIpc) is 2.89. The van der Waals surface area contributed by atoms with Gasteiger partial charge in [-0.25, -0.2) is 10.2 Å². The van der Waals surface area contributed by atoms with Gasteiger partial charge in [0, 0.05) is 10.0 Å². The van der Waals surface area contributed by atoms with Crippen LogP contribution >= 0.6 is 15.9 Å². The maximum absolute atomic E-state index is 12.7. The molecule has 0 saturated heterocycles. The van der Waals surface area contributed by atoms with Crippen LogP contribution in [0.1, 0.15) is 34.8 Å². The van der Waals surface area contributed by atoms with Crippen molar-refractivity contribution in [1.29, 1.82) is 0 Å². The van der Waals surface area contributed by atoms with Gasteiger partial charge in [-0.2, -0.15) is 5.10 Å². The van der Waals surface area contributed by atoms with Crippen molar-refractivity contribution in [2.24, 2.45) is 5.10 Å². The molecule has 0 radical (unpaired) electrons. The zero-order valence-electron chi connectivity index (χ0n) is 19.7. The Morgan fingerprint density at radius 2 is 1.75 bits per heavy atom. The second-order valence-electron chi connectivity index (χ2n) is 8.05. The summed E-state index contributed by atoms with van der Waals surface area (Å²) in [5, 5.41) is 6.20. The molecule has 6 nitrogen and oxygen atoms in total. The molecule has 0 saturated carbocycles. The van der Waals surface area contributed by atoms with Crippen LogP contribution in [0.25, 0.3) is 10.8 Å². The summed E-state index contributed by atoms with van der Waals surface area (Å²) in [7, 11) is 0. The first-order valence-corrected chi connectivity index (χ1v) is 12.4. The number of hydrogen-bond donors (Lipinski definition) is 1.